The topological polar surface area (TPSA) is 90.7 Å². The zero-order valence-electron chi connectivity index (χ0n) is 15.7. The largest absolute Gasteiger partial charge is 0.323 e. The van der Waals surface area contributed by atoms with Crippen molar-refractivity contribution in [3.8, 4) is 6.07 Å². The van der Waals surface area contributed by atoms with Crippen LogP contribution < -0.4 is 10.6 Å². The molecule has 0 atom stereocenters. The van der Waals surface area contributed by atoms with Crippen molar-refractivity contribution in [3.05, 3.63) is 75.6 Å². The SMILES string of the molecule is Cc1cc(C)c(NC(=O)c2cc(C)nc(Nc3ccccc3C#N)n2)c(Cl)c1. The molecule has 1 amide bonds. The third kappa shape index (κ3) is 4.27. The number of aromatic nitrogens is 2. The van der Waals surface area contributed by atoms with Crippen molar-refractivity contribution in [2.75, 3.05) is 10.6 Å². The van der Waals surface area contributed by atoms with E-state index in [1.165, 1.54) is 0 Å². The highest BCUT2D eigenvalue weighted by Gasteiger charge is 2.15. The maximum Gasteiger partial charge on any atom is 0.274 e. The van der Waals surface area contributed by atoms with E-state index < -0.39 is 5.91 Å². The van der Waals surface area contributed by atoms with Crippen LogP contribution in [0, 0.1) is 32.1 Å². The highest BCUT2D eigenvalue weighted by Crippen LogP contribution is 2.28. The maximum atomic E-state index is 12.7. The van der Waals surface area contributed by atoms with Crippen LogP contribution in [-0.2, 0) is 0 Å². The van der Waals surface area contributed by atoms with E-state index in [0.29, 0.717) is 27.7 Å². The number of nitrogens with one attached hydrogen (secondary N) is 2. The first-order valence-electron chi connectivity index (χ1n) is 8.57. The van der Waals surface area contributed by atoms with E-state index in [9.17, 15) is 10.1 Å². The summed E-state index contributed by atoms with van der Waals surface area (Å²) in [5.74, 6) is -0.157. The first-order valence-corrected chi connectivity index (χ1v) is 8.95. The number of amides is 1. The predicted molar refractivity (Wildman–Crippen MR) is 110 cm³/mol. The van der Waals surface area contributed by atoms with Crippen molar-refractivity contribution in [1.29, 1.82) is 5.26 Å². The molecule has 6 nitrogen and oxygen atoms in total. The number of halogens is 1. The van der Waals surface area contributed by atoms with Gasteiger partial charge in [-0.15, -0.1) is 0 Å². The molecule has 0 radical (unpaired) electrons. The van der Waals surface area contributed by atoms with Gasteiger partial charge in [-0.25, -0.2) is 9.97 Å². The summed E-state index contributed by atoms with van der Waals surface area (Å²) < 4.78 is 0. The van der Waals surface area contributed by atoms with Gasteiger partial charge in [-0.1, -0.05) is 29.8 Å². The molecule has 0 spiro atoms. The number of hydrogen-bond donors (Lipinski definition) is 2. The Kier molecular flexibility index (Phi) is 5.57. The molecule has 0 saturated heterocycles. The van der Waals surface area contributed by atoms with Gasteiger partial charge in [0.25, 0.3) is 5.91 Å². The normalized spacial score (nSPS) is 10.2. The molecule has 3 aromatic rings. The van der Waals surface area contributed by atoms with Gasteiger partial charge in [-0.2, -0.15) is 5.26 Å². The van der Waals surface area contributed by atoms with E-state index in [1.54, 1.807) is 43.3 Å². The summed E-state index contributed by atoms with van der Waals surface area (Å²) in [5.41, 5.74) is 4.27. The molecule has 0 aliphatic rings. The van der Waals surface area contributed by atoms with E-state index >= 15 is 0 Å². The average Bonchev–Trinajstić information content (AvgIpc) is 2.64. The molecule has 0 fully saturated rings. The first kappa shape index (κ1) is 19.3. The summed E-state index contributed by atoms with van der Waals surface area (Å²) in [7, 11) is 0. The van der Waals surface area contributed by atoms with Gasteiger partial charge in [-0.3, -0.25) is 4.79 Å². The highest BCUT2D eigenvalue weighted by molar-refractivity contribution is 6.34. The van der Waals surface area contributed by atoms with Gasteiger partial charge in [0, 0.05) is 5.69 Å². The fourth-order valence-corrected chi connectivity index (χ4v) is 3.17. The molecule has 0 aliphatic heterocycles. The van der Waals surface area contributed by atoms with Crippen molar-refractivity contribution < 1.29 is 4.79 Å². The van der Waals surface area contributed by atoms with Crippen LogP contribution in [0.25, 0.3) is 0 Å². The maximum absolute atomic E-state index is 12.7. The van der Waals surface area contributed by atoms with E-state index in [2.05, 4.69) is 26.7 Å². The monoisotopic (exact) mass is 391 g/mol. The Morgan fingerprint density at radius 1 is 1.11 bits per heavy atom. The standard InChI is InChI=1S/C21H18ClN5O/c1-12-8-13(2)19(16(22)9-12)27-20(28)18-10-14(3)24-21(26-18)25-17-7-5-4-6-15(17)11-23/h4-10H,1-3H3,(H,27,28)(H,24,25,26). The van der Waals surface area contributed by atoms with Gasteiger partial charge in [0.2, 0.25) is 5.95 Å². The van der Waals surface area contributed by atoms with Crippen LogP contribution >= 0.6 is 11.6 Å². The van der Waals surface area contributed by atoms with Gasteiger partial charge < -0.3 is 10.6 Å². The van der Waals surface area contributed by atoms with E-state index in [1.807, 2.05) is 19.9 Å². The lowest BCUT2D eigenvalue weighted by Crippen LogP contribution is -2.16. The molecule has 0 bridgehead atoms. The molecular weight excluding hydrogens is 374 g/mol. The van der Waals surface area contributed by atoms with Gasteiger partial charge >= 0.3 is 0 Å². The molecule has 1 aromatic heterocycles. The minimum atomic E-state index is -0.393. The van der Waals surface area contributed by atoms with Crippen LogP contribution in [0.2, 0.25) is 5.02 Å². The van der Waals surface area contributed by atoms with Gasteiger partial charge in [0.15, 0.2) is 0 Å². The Balaban J connectivity index is 1.89. The quantitative estimate of drug-likeness (QED) is 0.658. The number of para-hydroxylation sites is 1. The molecule has 140 valence electrons. The Morgan fingerprint density at radius 2 is 1.86 bits per heavy atom. The summed E-state index contributed by atoms with van der Waals surface area (Å²) in [6.07, 6.45) is 0. The molecule has 0 unspecified atom stereocenters. The van der Waals surface area contributed by atoms with Crippen molar-refractivity contribution in [2.45, 2.75) is 20.8 Å². The summed E-state index contributed by atoms with van der Waals surface area (Å²) in [6.45, 7) is 5.59. The zero-order chi connectivity index (χ0) is 20.3. The molecule has 28 heavy (non-hydrogen) atoms. The number of nitriles is 1. The number of hydrogen-bond acceptors (Lipinski definition) is 5. The average molecular weight is 392 g/mol. The Labute approximate surface area is 168 Å². The van der Waals surface area contributed by atoms with Crippen LogP contribution in [0.5, 0.6) is 0 Å². The van der Waals surface area contributed by atoms with Gasteiger partial charge in [0.1, 0.15) is 11.8 Å². The number of carbonyl (C=O) groups excluding carboxylic acids is 1. The third-order valence-electron chi connectivity index (χ3n) is 4.05. The number of rotatable bonds is 4. The summed E-state index contributed by atoms with van der Waals surface area (Å²) in [4.78, 5) is 21.3. The van der Waals surface area contributed by atoms with E-state index in [0.717, 1.165) is 11.1 Å². The molecule has 2 aromatic carbocycles. The van der Waals surface area contributed by atoms with Crippen LogP contribution in [0.4, 0.5) is 17.3 Å². The number of anilines is 3. The molecule has 7 heteroatoms. The lowest BCUT2D eigenvalue weighted by Gasteiger charge is -2.12. The minimum absolute atomic E-state index is 0.195. The van der Waals surface area contributed by atoms with E-state index in [4.69, 9.17) is 11.6 Å². The highest BCUT2D eigenvalue weighted by atomic mass is 35.5. The van der Waals surface area contributed by atoms with Crippen LogP contribution in [0.15, 0.2) is 42.5 Å². The lowest BCUT2D eigenvalue weighted by atomic mass is 10.1. The fourth-order valence-electron chi connectivity index (χ4n) is 2.80. The first-order chi connectivity index (χ1) is 13.4. The van der Waals surface area contributed by atoms with Crippen LogP contribution in [0.3, 0.4) is 0 Å². The number of carbonyl (C=O) groups is 1. The molecule has 0 saturated carbocycles. The second-order valence-corrected chi connectivity index (χ2v) is 6.80. The summed E-state index contributed by atoms with van der Waals surface area (Å²) in [6, 6.07) is 14.4. The number of nitrogens with zero attached hydrogens (tertiary/aromatic N) is 3. The van der Waals surface area contributed by atoms with E-state index in [-0.39, 0.29) is 11.6 Å². The Hall–Kier alpha value is -3.43. The van der Waals surface area contributed by atoms with Crippen molar-refractivity contribution in [3.63, 3.8) is 0 Å². The van der Waals surface area contributed by atoms with Gasteiger partial charge in [0.05, 0.1) is 22.0 Å². The lowest BCUT2D eigenvalue weighted by molar-refractivity contribution is 0.102. The number of aryl methyl sites for hydroxylation is 3. The Bertz CT molecular complexity index is 1080. The molecular formula is C21H18ClN5O. The van der Waals surface area contributed by atoms with Crippen molar-refractivity contribution in [2.24, 2.45) is 0 Å². The second-order valence-electron chi connectivity index (χ2n) is 6.39. The second kappa shape index (κ2) is 8.07. The van der Waals surface area contributed by atoms with Crippen molar-refractivity contribution >= 4 is 34.8 Å². The molecule has 2 N–H and O–H groups in total. The minimum Gasteiger partial charge on any atom is -0.323 e. The third-order valence-corrected chi connectivity index (χ3v) is 4.35. The fraction of sp³-hybridized carbons (Fsp3) is 0.143. The van der Waals surface area contributed by atoms with Gasteiger partial charge in [-0.05, 0) is 56.2 Å². The van der Waals surface area contributed by atoms with Crippen LogP contribution in [0.1, 0.15) is 32.9 Å². The van der Waals surface area contributed by atoms with Crippen molar-refractivity contribution in [1.82, 2.24) is 9.97 Å². The predicted octanol–water partition coefficient (Wildman–Crippen LogP) is 4.92. The molecule has 3 rings (SSSR count). The smallest absolute Gasteiger partial charge is 0.274 e. The molecule has 0 aliphatic carbocycles. The van der Waals surface area contributed by atoms with Crippen LogP contribution in [-0.4, -0.2) is 15.9 Å². The number of benzene rings is 2. The molecule has 1 heterocycles. The Morgan fingerprint density at radius 3 is 2.57 bits per heavy atom. The summed E-state index contributed by atoms with van der Waals surface area (Å²) in [5, 5.41) is 15.5. The zero-order valence-corrected chi connectivity index (χ0v) is 16.4. The summed E-state index contributed by atoms with van der Waals surface area (Å²) >= 11 is 6.28.